The zero-order valence-corrected chi connectivity index (χ0v) is 19.2. The van der Waals surface area contributed by atoms with Crippen LogP contribution in [0.5, 0.6) is 0 Å². The summed E-state index contributed by atoms with van der Waals surface area (Å²) in [5.41, 5.74) is 2.39. The Labute approximate surface area is 189 Å². The number of aliphatic imine (C=N–C) groups is 1. The van der Waals surface area contributed by atoms with E-state index in [0.717, 1.165) is 51.8 Å². The van der Waals surface area contributed by atoms with E-state index < -0.39 is 0 Å². The second kappa shape index (κ2) is 13.5. The zero-order chi connectivity index (χ0) is 19.4. The number of halogens is 1. The summed E-state index contributed by atoms with van der Waals surface area (Å²) in [7, 11) is 1.78. The van der Waals surface area contributed by atoms with Gasteiger partial charge in [0, 0.05) is 39.3 Å². The topological polar surface area (TPSA) is 85.6 Å². The van der Waals surface area contributed by atoms with Gasteiger partial charge in [-0.25, -0.2) is 9.67 Å². The van der Waals surface area contributed by atoms with E-state index in [1.807, 2.05) is 4.68 Å². The molecule has 2 heterocycles. The Balaban J connectivity index is 0.00000300. The number of ether oxygens (including phenoxy) is 2. The van der Waals surface area contributed by atoms with Gasteiger partial charge in [-0.3, -0.25) is 4.99 Å². The van der Waals surface area contributed by atoms with Gasteiger partial charge in [0.15, 0.2) is 5.96 Å². The van der Waals surface area contributed by atoms with Gasteiger partial charge in [-0.15, -0.1) is 24.0 Å². The number of hydrogen-bond donors (Lipinski definition) is 2. The number of nitrogens with zero attached hydrogens (tertiary/aromatic N) is 4. The van der Waals surface area contributed by atoms with Crippen molar-refractivity contribution in [3.63, 3.8) is 0 Å². The van der Waals surface area contributed by atoms with Crippen molar-refractivity contribution in [3.8, 4) is 0 Å². The summed E-state index contributed by atoms with van der Waals surface area (Å²) in [6.07, 6.45) is 5.34. The highest BCUT2D eigenvalue weighted by atomic mass is 127. The first-order chi connectivity index (χ1) is 13.8. The Morgan fingerprint density at radius 1 is 1.34 bits per heavy atom. The van der Waals surface area contributed by atoms with Crippen molar-refractivity contribution >= 4 is 29.9 Å². The minimum Gasteiger partial charge on any atom is -0.381 e. The van der Waals surface area contributed by atoms with E-state index in [0.29, 0.717) is 19.0 Å². The second-order valence-corrected chi connectivity index (χ2v) is 6.92. The Hall–Kier alpha value is -1.72. The molecule has 1 unspecified atom stereocenters. The van der Waals surface area contributed by atoms with Gasteiger partial charge < -0.3 is 20.1 Å². The fourth-order valence-electron chi connectivity index (χ4n) is 3.09. The highest BCUT2D eigenvalue weighted by molar-refractivity contribution is 14.0. The van der Waals surface area contributed by atoms with Crippen LogP contribution < -0.4 is 10.6 Å². The molecule has 1 fully saturated rings. The molecular formula is C20H31IN6O2. The number of aromatic nitrogens is 3. The van der Waals surface area contributed by atoms with E-state index in [1.54, 1.807) is 19.7 Å². The standard InChI is InChI=1S/C20H30N6O2.HI/c1-21-20(23-7-3-8-27-13-19-6-9-28-14-19)24-11-17-4-2-5-18(10-17)12-26-16-22-15-25-26;/h2,4-5,10,15-16,19H,3,6-9,11-14H2,1H3,(H2,21,23,24);1H. The third kappa shape index (κ3) is 8.67. The first-order valence-electron chi connectivity index (χ1n) is 9.83. The number of rotatable bonds is 10. The average molecular weight is 514 g/mol. The molecule has 1 aromatic heterocycles. The fraction of sp³-hybridized carbons (Fsp3) is 0.550. The SMILES string of the molecule is CN=C(NCCCOCC1CCOC1)NCc1cccc(Cn2cncn2)c1.I. The molecule has 2 aromatic rings. The molecular weight excluding hydrogens is 483 g/mol. The van der Waals surface area contributed by atoms with Crippen LogP contribution in [-0.4, -0.2) is 60.7 Å². The van der Waals surface area contributed by atoms with E-state index in [-0.39, 0.29) is 24.0 Å². The fourth-order valence-corrected chi connectivity index (χ4v) is 3.09. The van der Waals surface area contributed by atoms with Crippen molar-refractivity contribution in [2.24, 2.45) is 10.9 Å². The van der Waals surface area contributed by atoms with E-state index in [2.05, 4.69) is 50.0 Å². The molecule has 1 saturated heterocycles. The molecule has 9 heteroatoms. The molecule has 3 rings (SSSR count). The number of guanidine groups is 1. The summed E-state index contributed by atoms with van der Waals surface area (Å²) in [6.45, 7) is 5.53. The van der Waals surface area contributed by atoms with Crippen LogP contribution in [0.3, 0.4) is 0 Å². The molecule has 1 atom stereocenters. The molecule has 29 heavy (non-hydrogen) atoms. The zero-order valence-electron chi connectivity index (χ0n) is 16.9. The lowest BCUT2D eigenvalue weighted by molar-refractivity contribution is 0.0888. The molecule has 1 aliphatic rings. The monoisotopic (exact) mass is 514 g/mol. The molecule has 1 aromatic carbocycles. The van der Waals surface area contributed by atoms with Gasteiger partial charge in [0.1, 0.15) is 12.7 Å². The van der Waals surface area contributed by atoms with E-state index in [9.17, 15) is 0 Å². The quantitative estimate of drug-likeness (QED) is 0.219. The lowest BCUT2D eigenvalue weighted by Crippen LogP contribution is -2.37. The summed E-state index contributed by atoms with van der Waals surface area (Å²) >= 11 is 0. The lowest BCUT2D eigenvalue weighted by Gasteiger charge is -2.13. The van der Waals surface area contributed by atoms with Crippen molar-refractivity contribution in [1.82, 2.24) is 25.4 Å². The Bertz CT molecular complexity index is 720. The Kier molecular flexibility index (Phi) is 11.0. The molecule has 0 spiro atoms. The molecule has 0 radical (unpaired) electrons. The first kappa shape index (κ1) is 23.6. The number of nitrogens with one attached hydrogen (secondary N) is 2. The van der Waals surface area contributed by atoms with Crippen molar-refractivity contribution in [1.29, 1.82) is 0 Å². The predicted molar refractivity (Wildman–Crippen MR) is 124 cm³/mol. The minimum absolute atomic E-state index is 0. The van der Waals surface area contributed by atoms with Crippen LogP contribution in [0.25, 0.3) is 0 Å². The smallest absolute Gasteiger partial charge is 0.191 e. The highest BCUT2D eigenvalue weighted by Gasteiger charge is 2.15. The maximum absolute atomic E-state index is 5.73. The molecule has 0 bridgehead atoms. The summed E-state index contributed by atoms with van der Waals surface area (Å²) < 4.78 is 12.9. The predicted octanol–water partition coefficient (Wildman–Crippen LogP) is 2.05. The van der Waals surface area contributed by atoms with Crippen LogP contribution in [0.4, 0.5) is 0 Å². The van der Waals surface area contributed by atoms with Crippen LogP contribution in [0.1, 0.15) is 24.0 Å². The normalized spacial score (nSPS) is 16.4. The third-order valence-corrected chi connectivity index (χ3v) is 4.62. The maximum atomic E-state index is 5.73. The summed E-state index contributed by atoms with van der Waals surface area (Å²) in [5.74, 6) is 1.37. The molecule has 8 nitrogen and oxygen atoms in total. The molecule has 160 valence electrons. The molecule has 0 amide bonds. The summed E-state index contributed by atoms with van der Waals surface area (Å²) in [5, 5.41) is 10.8. The first-order valence-corrected chi connectivity index (χ1v) is 9.83. The van der Waals surface area contributed by atoms with Gasteiger partial charge in [0.2, 0.25) is 0 Å². The number of hydrogen-bond acceptors (Lipinski definition) is 5. The van der Waals surface area contributed by atoms with Crippen LogP contribution >= 0.6 is 24.0 Å². The van der Waals surface area contributed by atoms with Crippen molar-refractivity contribution < 1.29 is 9.47 Å². The van der Waals surface area contributed by atoms with Gasteiger partial charge in [-0.1, -0.05) is 24.3 Å². The average Bonchev–Trinajstić information content (AvgIpc) is 3.41. The molecule has 0 saturated carbocycles. The van der Waals surface area contributed by atoms with E-state index >= 15 is 0 Å². The Morgan fingerprint density at radius 2 is 2.24 bits per heavy atom. The minimum atomic E-state index is 0. The third-order valence-electron chi connectivity index (χ3n) is 4.62. The number of benzene rings is 1. The van der Waals surface area contributed by atoms with Gasteiger partial charge in [-0.05, 0) is 24.0 Å². The molecule has 1 aliphatic heterocycles. The van der Waals surface area contributed by atoms with Crippen molar-refractivity contribution in [2.75, 3.05) is 40.0 Å². The van der Waals surface area contributed by atoms with Gasteiger partial charge in [-0.2, -0.15) is 5.10 Å². The lowest BCUT2D eigenvalue weighted by atomic mass is 10.1. The Morgan fingerprint density at radius 3 is 3.00 bits per heavy atom. The van der Waals surface area contributed by atoms with Crippen LogP contribution in [-0.2, 0) is 22.6 Å². The highest BCUT2D eigenvalue weighted by Crippen LogP contribution is 2.12. The second-order valence-electron chi connectivity index (χ2n) is 6.92. The summed E-state index contributed by atoms with van der Waals surface area (Å²) in [4.78, 5) is 8.26. The van der Waals surface area contributed by atoms with Crippen LogP contribution in [0.15, 0.2) is 41.9 Å². The maximum Gasteiger partial charge on any atom is 0.191 e. The van der Waals surface area contributed by atoms with E-state index in [1.165, 1.54) is 11.1 Å². The van der Waals surface area contributed by atoms with Crippen molar-refractivity contribution in [3.05, 3.63) is 48.0 Å². The van der Waals surface area contributed by atoms with E-state index in [4.69, 9.17) is 9.47 Å². The molecule has 2 N–H and O–H groups in total. The van der Waals surface area contributed by atoms with Gasteiger partial charge in [0.05, 0.1) is 19.8 Å². The van der Waals surface area contributed by atoms with Crippen LogP contribution in [0, 0.1) is 5.92 Å². The molecule has 0 aliphatic carbocycles. The van der Waals surface area contributed by atoms with Crippen LogP contribution in [0.2, 0.25) is 0 Å². The van der Waals surface area contributed by atoms with Gasteiger partial charge in [0.25, 0.3) is 0 Å². The van der Waals surface area contributed by atoms with Crippen molar-refractivity contribution in [2.45, 2.75) is 25.9 Å². The summed E-state index contributed by atoms with van der Waals surface area (Å²) in [6, 6.07) is 8.43. The largest absolute Gasteiger partial charge is 0.381 e. The van der Waals surface area contributed by atoms with Gasteiger partial charge >= 0.3 is 0 Å².